The predicted molar refractivity (Wildman–Crippen MR) is 136 cm³/mol. The lowest BCUT2D eigenvalue weighted by molar-refractivity contribution is -0.139. The highest BCUT2D eigenvalue weighted by molar-refractivity contribution is 7.07. The Morgan fingerprint density at radius 1 is 1.11 bits per heavy atom. The Bertz CT molecular complexity index is 1430. The molecule has 1 atom stereocenters. The van der Waals surface area contributed by atoms with Crippen LogP contribution in [0.1, 0.15) is 44.9 Å². The van der Waals surface area contributed by atoms with Gasteiger partial charge in [-0.25, -0.2) is 9.79 Å². The number of carbonyl (C=O) groups is 1. The third kappa shape index (κ3) is 5.07. The number of aromatic nitrogens is 1. The number of benzene rings is 2. The predicted octanol–water partition coefficient (Wildman–Crippen LogP) is 3.59. The zero-order chi connectivity index (χ0) is 25.1. The van der Waals surface area contributed by atoms with Crippen molar-refractivity contribution in [3.8, 4) is 11.5 Å². The summed E-state index contributed by atoms with van der Waals surface area (Å²) < 4.78 is 18.4. The minimum Gasteiger partial charge on any atom is -0.497 e. The molecular weight excluding hydrogens is 464 g/mol. The summed E-state index contributed by atoms with van der Waals surface area (Å²) in [6.45, 7) is 7.67. The quantitative estimate of drug-likeness (QED) is 0.471. The van der Waals surface area contributed by atoms with E-state index in [9.17, 15) is 9.59 Å². The second-order valence-electron chi connectivity index (χ2n) is 8.31. The van der Waals surface area contributed by atoms with Crippen LogP contribution in [0.5, 0.6) is 11.5 Å². The summed E-state index contributed by atoms with van der Waals surface area (Å²) in [5, 5.41) is 0. The minimum atomic E-state index is -0.656. The van der Waals surface area contributed by atoms with E-state index in [0.29, 0.717) is 26.4 Å². The number of carbonyl (C=O) groups excluding carboxylic acids is 1. The summed E-state index contributed by atoms with van der Waals surface area (Å²) in [5.41, 5.74) is 2.31. The first-order valence-corrected chi connectivity index (χ1v) is 12.2. The van der Waals surface area contributed by atoms with Gasteiger partial charge in [-0.1, -0.05) is 35.6 Å². The van der Waals surface area contributed by atoms with E-state index in [0.717, 1.165) is 16.9 Å². The second kappa shape index (κ2) is 10.3. The van der Waals surface area contributed by atoms with Gasteiger partial charge in [0.1, 0.15) is 11.5 Å². The van der Waals surface area contributed by atoms with Gasteiger partial charge in [0.15, 0.2) is 4.80 Å². The van der Waals surface area contributed by atoms with Gasteiger partial charge < -0.3 is 14.2 Å². The zero-order valence-corrected chi connectivity index (χ0v) is 21.2. The maximum absolute atomic E-state index is 13.6. The van der Waals surface area contributed by atoms with Crippen molar-refractivity contribution in [3.63, 3.8) is 0 Å². The third-order valence-electron chi connectivity index (χ3n) is 5.50. The highest BCUT2D eigenvalue weighted by Gasteiger charge is 2.33. The van der Waals surface area contributed by atoms with Crippen LogP contribution in [0.4, 0.5) is 0 Å². The van der Waals surface area contributed by atoms with Crippen molar-refractivity contribution in [1.82, 2.24) is 4.57 Å². The van der Waals surface area contributed by atoms with Gasteiger partial charge in [-0.15, -0.1) is 0 Å². The van der Waals surface area contributed by atoms with Crippen LogP contribution in [0.15, 0.2) is 69.6 Å². The van der Waals surface area contributed by atoms with Gasteiger partial charge in [0, 0.05) is 0 Å². The molecule has 0 saturated carbocycles. The molecule has 0 aliphatic carbocycles. The lowest BCUT2D eigenvalue weighted by Crippen LogP contribution is -2.39. The van der Waals surface area contributed by atoms with Crippen molar-refractivity contribution >= 4 is 23.4 Å². The highest BCUT2D eigenvalue weighted by Crippen LogP contribution is 2.31. The Balaban J connectivity index is 1.87. The maximum Gasteiger partial charge on any atom is 0.338 e. The van der Waals surface area contributed by atoms with E-state index >= 15 is 0 Å². The van der Waals surface area contributed by atoms with E-state index in [2.05, 4.69) is 4.99 Å². The Labute approximate surface area is 207 Å². The molecule has 3 aromatic rings. The summed E-state index contributed by atoms with van der Waals surface area (Å²) in [5.74, 6) is 0.975. The normalized spacial score (nSPS) is 15.6. The van der Waals surface area contributed by atoms with E-state index in [-0.39, 0.29) is 18.3 Å². The fourth-order valence-corrected chi connectivity index (χ4v) is 5.01. The third-order valence-corrected chi connectivity index (χ3v) is 6.48. The van der Waals surface area contributed by atoms with Crippen molar-refractivity contribution in [2.45, 2.75) is 39.8 Å². The molecule has 0 amide bonds. The average molecular weight is 493 g/mol. The fraction of sp³-hybridized carbons (Fsp3) is 0.296. The molecule has 7 nitrogen and oxygen atoms in total. The number of nitrogens with zero attached hydrogens (tertiary/aromatic N) is 2. The van der Waals surface area contributed by atoms with Crippen molar-refractivity contribution in [2.75, 3.05) is 13.7 Å². The molecule has 8 heteroatoms. The van der Waals surface area contributed by atoms with Crippen LogP contribution in [0.3, 0.4) is 0 Å². The van der Waals surface area contributed by atoms with Gasteiger partial charge in [-0.2, -0.15) is 0 Å². The molecule has 0 radical (unpaired) electrons. The van der Waals surface area contributed by atoms with Crippen molar-refractivity contribution < 1.29 is 19.0 Å². The van der Waals surface area contributed by atoms with Crippen molar-refractivity contribution in [1.29, 1.82) is 0 Å². The van der Waals surface area contributed by atoms with Crippen LogP contribution in [-0.2, 0) is 9.53 Å². The number of rotatable bonds is 7. The number of allylic oxidation sites excluding steroid dienone is 1. The van der Waals surface area contributed by atoms with E-state index in [1.54, 1.807) is 25.5 Å². The topological polar surface area (TPSA) is 79.1 Å². The number of esters is 1. The smallest absolute Gasteiger partial charge is 0.338 e. The summed E-state index contributed by atoms with van der Waals surface area (Å²) in [6, 6.07) is 14.2. The Morgan fingerprint density at radius 2 is 1.77 bits per heavy atom. The largest absolute Gasteiger partial charge is 0.497 e. The van der Waals surface area contributed by atoms with E-state index in [1.165, 1.54) is 11.3 Å². The molecule has 0 fully saturated rings. The van der Waals surface area contributed by atoms with Crippen LogP contribution in [0.2, 0.25) is 0 Å². The van der Waals surface area contributed by atoms with Gasteiger partial charge in [0.25, 0.3) is 5.56 Å². The maximum atomic E-state index is 13.6. The van der Waals surface area contributed by atoms with Crippen LogP contribution in [0.25, 0.3) is 6.08 Å². The molecule has 35 heavy (non-hydrogen) atoms. The second-order valence-corrected chi connectivity index (χ2v) is 9.32. The standard InChI is InChI=1S/C27H28N2O5S/c1-6-33-26(31)23-17(4)28-27-29(24(23)19-9-13-21(14-10-19)34-16(2)3)25(30)22(35-27)15-18-7-11-20(32-5)12-8-18/h7-16,24H,6H2,1-5H3/b22-15-/t24-/m0/s1. The molecule has 1 aliphatic rings. The van der Waals surface area contributed by atoms with Gasteiger partial charge in [-0.3, -0.25) is 9.36 Å². The SMILES string of the molecule is CCOC(=O)C1=C(C)N=c2s/c(=C\c3ccc(OC)cc3)c(=O)n2[C@H]1c1ccc(OC(C)C)cc1. The summed E-state index contributed by atoms with van der Waals surface area (Å²) in [6.07, 6.45) is 1.86. The minimum absolute atomic E-state index is 0.0358. The molecule has 0 spiro atoms. The molecule has 2 aromatic carbocycles. The highest BCUT2D eigenvalue weighted by atomic mass is 32.1. The summed E-state index contributed by atoms with van der Waals surface area (Å²) >= 11 is 1.29. The number of hydrogen-bond donors (Lipinski definition) is 0. The number of thiazole rings is 1. The fourth-order valence-electron chi connectivity index (χ4n) is 3.96. The van der Waals surface area contributed by atoms with Gasteiger partial charge in [-0.05, 0) is 69.2 Å². The Hall–Kier alpha value is -3.65. The Morgan fingerprint density at radius 3 is 2.37 bits per heavy atom. The molecule has 182 valence electrons. The molecular formula is C27H28N2O5S. The first-order chi connectivity index (χ1) is 16.8. The number of ether oxygens (including phenoxy) is 3. The lowest BCUT2D eigenvalue weighted by Gasteiger charge is -2.25. The number of fused-ring (bicyclic) bond motifs is 1. The molecule has 4 rings (SSSR count). The van der Waals surface area contributed by atoms with E-state index in [1.807, 2.05) is 68.5 Å². The lowest BCUT2D eigenvalue weighted by atomic mass is 9.96. The van der Waals surface area contributed by atoms with Crippen LogP contribution >= 0.6 is 11.3 Å². The number of methoxy groups -OCH3 is 1. The van der Waals surface area contributed by atoms with E-state index < -0.39 is 12.0 Å². The molecule has 0 unspecified atom stereocenters. The monoisotopic (exact) mass is 492 g/mol. The molecule has 1 aromatic heterocycles. The molecule has 0 bridgehead atoms. The van der Waals surface area contributed by atoms with Gasteiger partial charge >= 0.3 is 5.97 Å². The molecule has 1 aliphatic heterocycles. The van der Waals surface area contributed by atoms with Crippen molar-refractivity contribution in [2.24, 2.45) is 4.99 Å². The summed E-state index contributed by atoms with van der Waals surface area (Å²) in [7, 11) is 1.61. The first kappa shape index (κ1) is 24.5. The van der Waals surface area contributed by atoms with Crippen LogP contribution < -0.4 is 24.4 Å². The zero-order valence-electron chi connectivity index (χ0n) is 20.4. The Kier molecular flexibility index (Phi) is 7.21. The van der Waals surface area contributed by atoms with Crippen LogP contribution in [-0.4, -0.2) is 30.4 Å². The molecule has 0 N–H and O–H groups in total. The van der Waals surface area contributed by atoms with Gasteiger partial charge in [0.2, 0.25) is 0 Å². The van der Waals surface area contributed by atoms with Gasteiger partial charge in [0.05, 0.1) is 41.7 Å². The number of hydrogen-bond acceptors (Lipinski definition) is 7. The molecule has 0 saturated heterocycles. The first-order valence-electron chi connectivity index (χ1n) is 11.4. The average Bonchev–Trinajstić information content (AvgIpc) is 3.13. The van der Waals surface area contributed by atoms with E-state index in [4.69, 9.17) is 14.2 Å². The summed E-state index contributed by atoms with van der Waals surface area (Å²) in [4.78, 5) is 31.8. The van der Waals surface area contributed by atoms with Crippen LogP contribution in [0, 0.1) is 0 Å². The van der Waals surface area contributed by atoms with Crippen molar-refractivity contribution in [3.05, 3.63) is 90.6 Å². The molecule has 2 heterocycles.